The topological polar surface area (TPSA) is 59.8 Å². The number of carbonyl (C=O) groups excluding carboxylic acids is 1. The van der Waals surface area contributed by atoms with Crippen LogP contribution in [-0.4, -0.2) is 84.1 Å². The van der Waals surface area contributed by atoms with Crippen molar-refractivity contribution in [2.45, 2.75) is 18.6 Å². The molecule has 3 rings (SSSR count). The second-order valence-electron chi connectivity index (χ2n) is 5.92. The van der Waals surface area contributed by atoms with Crippen molar-refractivity contribution in [1.29, 1.82) is 0 Å². The molecule has 2 fully saturated rings. The van der Waals surface area contributed by atoms with E-state index in [1.807, 2.05) is 11.9 Å². The van der Waals surface area contributed by atoms with Gasteiger partial charge in [-0.1, -0.05) is 0 Å². The van der Waals surface area contributed by atoms with Crippen molar-refractivity contribution in [1.82, 2.24) is 19.6 Å². The minimum absolute atomic E-state index is 0.0105. The zero-order valence-corrected chi connectivity index (χ0v) is 13.3. The SMILES string of the molecule is COCCN1CCO[C@H]2CCN(C(=O)c3ccn(C)n3)C[C@H]21. The minimum Gasteiger partial charge on any atom is -0.383 e. The van der Waals surface area contributed by atoms with Crippen LogP contribution >= 0.6 is 0 Å². The molecule has 2 saturated heterocycles. The van der Waals surface area contributed by atoms with Crippen molar-refractivity contribution in [3.8, 4) is 0 Å². The maximum atomic E-state index is 12.6. The first kappa shape index (κ1) is 15.5. The van der Waals surface area contributed by atoms with Crippen molar-refractivity contribution >= 4 is 5.91 Å². The molecule has 1 aromatic rings. The zero-order valence-electron chi connectivity index (χ0n) is 13.3. The summed E-state index contributed by atoms with van der Waals surface area (Å²) in [5.41, 5.74) is 0.515. The number of piperidine rings is 1. The van der Waals surface area contributed by atoms with Gasteiger partial charge in [-0.05, 0) is 12.5 Å². The van der Waals surface area contributed by atoms with Crippen LogP contribution in [0.5, 0.6) is 0 Å². The number of aromatic nitrogens is 2. The summed E-state index contributed by atoms with van der Waals surface area (Å²) in [6, 6.07) is 2.03. The summed E-state index contributed by atoms with van der Waals surface area (Å²) in [5.74, 6) is 0.0105. The molecule has 2 aliphatic heterocycles. The van der Waals surface area contributed by atoms with Gasteiger partial charge in [-0.3, -0.25) is 14.4 Å². The largest absolute Gasteiger partial charge is 0.383 e. The maximum absolute atomic E-state index is 12.6. The first-order chi connectivity index (χ1) is 10.7. The fourth-order valence-electron chi connectivity index (χ4n) is 3.30. The number of ether oxygens (including phenoxy) is 2. The predicted octanol–water partition coefficient (Wildman–Crippen LogP) is -0.0182. The molecule has 1 aromatic heterocycles. The quantitative estimate of drug-likeness (QED) is 0.782. The van der Waals surface area contributed by atoms with Gasteiger partial charge in [0.25, 0.3) is 5.91 Å². The molecule has 3 heterocycles. The highest BCUT2D eigenvalue weighted by Gasteiger charge is 2.38. The molecule has 7 heteroatoms. The van der Waals surface area contributed by atoms with Gasteiger partial charge in [0, 0.05) is 46.5 Å². The summed E-state index contributed by atoms with van der Waals surface area (Å²) in [5, 5.41) is 4.22. The number of fused-ring (bicyclic) bond motifs is 1. The van der Waals surface area contributed by atoms with E-state index in [2.05, 4.69) is 10.00 Å². The number of rotatable bonds is 4. The van der Waals surface area contributed by atoms with E-state index >= 15 is 0 Å². The van der Waals surface area contributed by atoms with Gasteiger partial charge >= 0.3 is 0 Å². The molecule has 2 atom stereocenters. The summed E-state index contributed by atoms with van der Waals surface area (Å²) in [7, 11) is 3.54. The van der Waals surface area contributed by atoms with E-state index in [0.717, 1.165) is 32.7 Å². The van der Waals surface area contributed by atoms with Gasteiger partial charge in [-0.2, -0.15) is 5.10 Å². The second-order valence-corrected chi connectivity index (χ2v) is 5.92. The van der Waals surface area contributed by atoms with Crippen LogP contribution in [0.25, 0.3) is 0 Å². The van der Waals surface area contributed by atoms with Crippen LogP contribution in [-0.2, 0) is 16.5 Å². The Morgan fingerprint density at radius 3 is 3.09 bits per heavy atom. The average molecular weight is 308 g/mol. The molecule has 0 unspecified atom stereocenters. The van der Waals surface area contributed by atoms with Crippen molar-refractivity contribution in [2.24, 2.45) is 7.05 Å². The molecule has 0 aromatic carbocycles. The second kappa shape index (κ2) is 6.76. The molecule has 0 saturated carbocycles. The Kier molecular flexibility index (Phi) is 4.75. The summed E-state index contributed by atoms with van der Waals surface area (Å²) >= 11 is 0. The molecule has 0 spiro atoms. The van der Waals surface area contributed by atoms with Gasteiger partial charge < -0.3 is 14.4 Å². The van der Waals surface area contributed by atoms with Gasteiger partial charge in [0.1, 0.15) is 5.69 Å². The number of hydrogen-bond acceptors (Lipinski definition) is 5. The highest BCUT2D eigenvalue weighted by Crippen LogP contribution is 2.23. The highest BCUT2D eigenvalue weighted by molar-refractivity contribution is 5.92. The van der Waals surface area contributed by atoms with Crippen molar-refractivity contribution < 1.29 is 14.3 Å². The smallest absolute Gasteiger partial charge is 0.274 e. The molecule has 22 heavy (non-hydrogen) atoms. The Hall–Kier alpha value is -1.44. The van der Waals surface area contributed by atoms with Gasteiger partial charge in [-0.25, -0.2) is 0 Å². The molecule has 0 aliphatic carbocycles. The van der Waals surface area contributed by atoms with Crippen LogP contribution in [0.1, 0.15) is 16.9 Å². The summed E-state index contributed by atoms with van der Waals surface area (Å²) < 4.78 is 12.7. The van der Waals surface area contributed by atoms with Crippen LogP contribution in [0.2, 0.25) is 0 Å². The first-order valence-electron chi connectivity index (χ1n) is 7.82. The van der Waals surface area contributed by atoms with Gasteiger partial charge in [0.15, 0.2) is 0 Å². The van der Waals surface area contributed by atoms with E-state index in [1.165, 1.54) is 0 Å². The lowest BCUT2D eigenvalue weighted by molar-refractivity contribution is -0.101. The molecule has 2 aliphatic rings. The van der Waals surface area contributed by atoms with Crippen LogP contribution in [0.4, 0.5) is 0 Å². The van der Waals surface area contributed by atoms with Crippen molar-refractivity contribution in [2.75, 3.05) is 46.5 Å². The Morgan fingerprint density at radius 1 is 1.50 bits per heavy atom. The third-order valence-corrected chi connectivity index (χ3v) is 4.50. The van der Waals surface area contributed by atoms with Crippen LogP contribution in [0.15, 0.2) is 12.3 Å². The number of nitrogens with zero attached hydrogens (tertiary/aromatic N) is 4. The molecular weight excluding hydrogens is 284 g/mol. The van der Waals surface area contributed by atoms with E-state index in [1.54, 1.807) is 24.1 Å². The fourth-order valence-corrected chi connectivity index (χ4v) is 3.30. The molecule has 0 N–H and O–H groups in total. The summed E-state index contributed by atoms with van der Waals surface area (Å²) in [6.07, 6.45) is 2.90. The normalized spacial score (nSPS) is 26.0. The standard InChI is InChI=1S/C15H24N4O3/c1-17-5-3-12(16-17)15(20)19-6-4-14-13(11-19)18(7-9-21-2)8-10-22-14/h3,5,13-14H,4,6-11H2,1-2H3/t13-,14+/m1/s1. The van der Waals surface area contributed by atoms with Crippen molar-refractivity contribution in [3.05, 3.63) is 18.0 Å². The molecular formula is C15H24N4O3. The fraction of sp³-hybridized carbons (Fsp3) is 0.733. The Bertz CT molecular complexity index is 519. The van der Waals surface area contributed by atoms with Gasteiger partial charge in [0.2, 0.25) is 0 Å². The average Bonchev–Trinajstić information content (AvgIpc) is 2.98. The summed E-state index contributed by atoms with van der Waals surface area (Å²) in [4.78, 5) is 16.9. The van der Waals surface area contributed by atoms with E-state index < -0.39 is 0 Å². The molecule has 122 valence electrons. The number of morpholine rings is 1. The monoisotopic (exact) mass is 308 g/mol. The number of amides is 1. The highest BCUT2D eigenvalue weighted by atomic mass is 16.5. The van der Waals surface area contributed by atoms with Crippen molar-refractivity contribution in [3.63, 3.8) is 0 Å². The zero-order chi connectivity index (χ0) is 15.5. The molecule has 1 amide bonds. The van der Waals surface area contributed by atoms with E-state index in [0.29, 0.717) is 18.8 Å². The first-order valence-corrected chi connectivity index (χ1v) is 7.82. The molecule has 0 radical (unpaired) electrons. The van der Waals surface area contributed by atoms with Crippen LogP contribution in [0.3, 0.4) is 0 Å². The number of likely N-dealkylation sites (tertiary alicyclic amines) is 1. The van der Waals surface area contributed by atoms with Crippen LogP contribution < -0.4 is 0 Å². The van der Waals surface area contributed by atoms with E-state index in [9.17, 15) is 4.79 Å². The Morgan fingerprint density at radius 2 is 2.36 bits per heavy atom. The van der Waals surface area contributed by atoms with E-state index in [4.69, 9.17) is 9.47 Å². The van der Waals surface area contributed by atoms with Gasteiger partial charge in [0.05, 0.1) is 25.4 Å². The lowest BCUT2D eigenvalue weighted by Crippen LogP contribution is -2.61. The number of methoxy groups -OCH3 is 1. The predicted molar refractivity (Wildman–Crippen MR) is 80.7 cm³/mol. The maximum Gasteiger partial charge on any atom is 0.274 e. The Balaban J connectivity index is 1.67. The lowest BCUT2D eigenvalue weighted by atomic mass is 9.98. The summed E-state index contributed by atoms with van der Waals surface area (Å²) in [6.45, 7) is 4.68. The van der Waals surface area contributed by atoms with Crippen LogP contribution in [0, 0.1) is 0 Å². The third kappa shape index (κ3) is 3.16. The third-order valence-electron chi connectivity index (χ3n) is 4.50. The number of carbonyl (C=O) groups is 1. The Labute approximate surface area is 130 Å². The number of aryl methyl sites for hydroxylation is 1. The molecule has 0 bridgehead atoms. The van der Waals surface area contributed by atoms with Gasteiger partial charge in [-0.15, -0.1) is 0 Å². The van der Waals surface area contributed by atoms with E-state index in [-0.39, 0.29) is 18.1 Å². The minimum atomic E-state index is 0.0105. The molecule has 7 nitrogen and oxygen atoms in total. The number of hydrogen-bond donors (Lipinski definition) is 0. The lowest BCUT2D eigenvalue weighted by Gasteiger charge is -2.46.